The summed E-state index contributed by atoms with van der Waals surface area (Å²) < 4.78 is 25.7. The van der Waals surface area contributed by atoms with Crippen LogP contribution in [0.1, 0.15) is 0 Å². The molecule has 1 atom stereocenters. The number of halogens is 3. The number of benzene rings is 2. The average Bonchev–Trinajstić information content (AvgIpc) is 2.85. The van der Waals surface area contributed by atoms with Crippen LogP contribution in [0.2, 0.25) is 5.02 Å². The molecule has 0 bridgehead atoms. The van der Waals surface area contributed by atoms with Crippen molar-refractivity contribution in [1.82, 2.24) is 19.8 Å². The first-order valence-electron chi connectivity index (χ1n) is 11.4. The van der Waals surface area contributed by atoms with Gasteiger partial charge in [-0.25, -0.2) is 14.4 Å². The van der Waals surface area contributed by atoms with Gasteiger partial charge in [0.25, 0.3) is 0 Å². The van der Waals surface area contributed by atoms with Gasteiger partial charge in [-0.15, -0.1) is 12.4 Å². The van der Waals surface area contributed by atoms with E-state index in [1.54, 1.807) is 18.2 Å². The Hall–Kier alpha value is -2.47. The molecule has 1 aliphatic heterocycles. The summed E-state index contributed by atoms with van der Waals surface area (Å²) in [5, 5.41) is 23.5. The van der Waals surface area contributed by atoms with Crippen molar-refractivity contribution in [3.05, 3.63) is 47.5 Å². The van der Waals surface area contributed by atoms with Crippen molar-refractivity contribution < 1.29 is 24.1 Å². The van der Waals surface area contributed by atoms with E-state index in [0.29, 0.717) is 46.3 Å². The summed E-state index contributed by atoms with van der Waals surface area (Å²) in [7, 11) is 1.52. The molecule has 3 N–H and O–H groups in total. The molecule has 1 aromatic heterocycles. The third kappa shape index (κ3) is 7.06. The molecule has 0 amide bonds. The van der Waals surface area contributed by atoms with Crippen LogP contribution in [0.25, 0.3) is 10.9 Å². The molecule has 3 aromatic rings. The molecule has 2 aromatic carbocycles. The molecule has 1 unspecified atom stereocenters. The minimum atomic E-state index is -0.685. The van der Waals surface area contributed by atoms with Gasteiger partial charge in [0.2, 0.25) is 0 Å². The zero-order valence-electron chi connectivity index (χ0n) is 19.9. The highest BCUT2D eigenvalue weighted by Gasteiger charge is 2.20. The zero-order valence-corrected chi connectivity index (χ0v) is 21.4. The Balaban J connectivity index is 0.00000361. The number of hydrogen-bond donors (Lipinski definition) is 3. The normalized spacial score (nSPS) is 15.4. The molecule has 0 aliphatic carbocycles. The van der Waals surface area contributed by atoms with Gasteiger partial charge in [-0.3, -0.25) is 9.80 Å². The summed E-state index contributed by atoms with van der Waals surface area (Å²) in [6, 6.07) is 7.77. The number of aliphatic hydroxyl groups excluding tert-OH is 2. The molecule has 12 heteroatoms. The smallest absolute Gasteiger partial charge is 0.163 e. The number of β-amino-alcohol motifs (C(OH)–C–C–N with tert-alkyl or cyclic N) is 2. The number of aliphatic hydroxyl groups is 2. The van der Waals surface area contributed by atoms with Gasteiger partial charge in [0.05, 0.1) is 24.9 Å². The predicted molar refractivity (Wildman–Crippen MR) is 139 cm³/mol. The first-order valence-corrected chi connectivity index (χ1v) is 11.8. The maximum absolute atomic E-state index is 14.3. The quantitative estimate of drug-likeness (QED) is 0.357. The number of methoxy groups -OCH3 is 1. The van der Waals surface area contributed by atoms with Gasteiger partial charge in [-0.2, -0.15) is 0 Å². The second-order valence-electron chi connectivity index (χ2n) is 8.32. The van der Waals surface area contributed by atoms with Gasteiger partial charge in [-0.05, 0) is 24.3 Å². The summed E-state index contributed by atoms with van der Waals surface area (Å²) in [5.41, 5.74) is 0.802. The van der Waals surface area contributed by atoms with Crippen LogP contribution in [0.15, 0.2) is 36.7 Å². The van der Waals surface area contributed by atoms with Gasteiger partial charge < -0.3 is 25.0 Å². The van der Waals surface area contributed by atoms with Crippen LogP contribution in [0.4, 0.5) is 15.9 Å². The molecule has 36 heavy (non-hydrogen) atoms. The number of piperazine rings is 1. The minimum absolute atomic E-state index is 0. The lowest BCUT2D eigenvalue weighted by Crippen LogP contribution is -2.49. The SMILES string of the molecule is COc1cc2c(Nc3ccc(Cl)cc3F)ncnc2cc1OCC(O)CN1CCN(CCO)CC1.Cl. The molecule has 0 radical (unpaired) electrons. The lowest BCUT2D eigenvalue weighted by Gasteiger charge is -2.35. The Morgan fingerprint density at radius 1 is 1.11 bits per heavy atom. The van der Waals surface area contributed by atoms with E-state index >= 15 is 0 Å². The number of anilines is 2. The van der Waals surface area contributed by atoms with Crippen LogP contribution in [0, 0.1) is 5.82 Å². The van der Waals surface area contributed by atoms with Crippen LogP contribution in [0.3, 0.4) is 0 Å². The summed E-state index contributed by atoms with van der Waals surface area (Å²) in [6.45, 7) is 4.80. The second-order valence-corrected chi connectivity index (χ2v) is 8.76. The monoisotopic (exact) mass is 541 g/mol. The van der Waals surface area contributed by atoms with Crippen LogP contribution in [-0.2, 0) is 0 Å². The van der Waals surface area contributed by atoms with Gasteiger partial charge >= 0.3 is 0 Å². The Bertz CT molecular complexity index is 1150. The largest absolute Gasteiger partial charge is 0.493 e. The van der Waals surface area contributed by atoms with Crippen molar-refractivity contribution in [2.75, 3.05) is 64.9 Å². The predicted octanol–water partition coefficient (Wildman–Crippen LogP) is 2.95. The fraction of sp³-hybridized carbons (Fsp3) is 0.417. The van der Waals surface area contributed by atoms with Crippen molar-refractivity contribution in [2.45, 2.75) is 6.10 Å². The molecule has 1 saturated heterocycles. The molecular weight excluding hydrogens is 512 g/mol. The number of rotatable bonds is 10. The molecule has 196 valence electrons. The van der Waals surface area contributed by atoms with Gasteiger partial charge in [-0.1, -0.05) is 11.6 Å². The number of aromatic nitrogens is 2. The Labute approximate surface area is 220 Å². The third-order valence-electron chi connectivity index (χ3n) is 5.89. The lowest BCUT2D eigenvalue weighted by molar-refractivity contribution is 0.0423. The fourth-order valence-corrected chi connectivity index (χ4v) is 4.19. The fourth-order valence-electron chi connectivity index (χ4n) is 4.03. The molecule has 9 nitrogen and oxygen atoms in total. The number of fused-ring (bicyclic) bond motifs is 1. The Kier molecular flexibility index (Phi) is 10.3. The molecular formula is C24H30Cl2FN5O4. The van der Waals surface area contributed by atoms with E-state index in [1.807, 2.05) is 0 Å². The average molecular weight is 542 g/mol. The van der Waals surface area contributed by atoms with Gasteiger partial charge in [0, 0.05) is 55.7 Å². The highest BCUT2D eigenvalue weighted by Crippen LogP contribution is 2.35. The first kappa shape index (κ1) is 28.1. The van der Waals surface area contributed by atoms with Crippen molar-refractivity contribution >= 4 is 46.4 Å². The standard InChI is InChI=1S/C24H29ClFN5O4.ClH/c1-34-22-11-18-21(27-15-28-24(18)29-20-3-2-16(25)10-19(20)26)12-23(22)35-14-17(33)13-31-6-4-30(5-7-31)8-9-32;/h2-3,10-12,15,17,32-33H,4-9,13-14H2,1H3,(H,27,28,29);1H. The van der Waals surface area contributed by atoms with E-state index in [9.17, 15) is 9.50 Å². The maximum atomic E-state index is 14.3. The van der Waals surface area contributed by atoms with Gasteiger partial charge in [0.1, 0.15) is 30.7 Å². The Morgan fingerprint density at radius 3 is 2.56 bits per heavy atom. The summed E-state index contributed by atoms with van der Waals surface area (Å²) in [6.07, 6.45) is 0.690. The summed E-state index contributed by atoms with van der Waals surface area (Å²) >= 11 is 5.84. The van der Waals surface area contributed by atoms with E-state index in [1.165, 1.54) is 25.6 Å². The van der Waals surface area contributed by atoms with E-state index in [-0.39, 0.29) is 31.3 Å². The van der Waals surface area contributed by atoms with Crippen LogP contribution < -0.4 is 14.8 Å². The topological polar surface area (TPSA) is 103 Å². The zero-order chi connectivity index (χ0) is 24.8. The highest BCUT2D eigenvalue weighted by molar-refractivity contribution is 6.30. The molecule has 4 rings (SSSR count). The van der Waals surface area contributed by atoms with E-state index in [0.717, 1.165) is 26.2 Å². The number of nitrogens with zero attached hydrogens (tertiary/aromatic N) is 4. The molecule has 0 saturated carbocycles. The molecule has 1 aliphatic rings. The number of ether oxygens (including phenoxy) is 2. The number of nitrogens with one attached hydrogen (secondary N) is 1. The Morgan fingerprint density at radius 2 is 1.86 bits per heavy atom. The van der Waals surface area contributed by atoms with E-state index in [2.05, 4.69) is 25.1 Å². The maximum Gasteiger partial charge on any atom is 0.163 e. The molecule has 1 fully saturated rings. The van der Waals surface area contributed by atoms with Crippen molar-refractivity contribution in [1.29, 1.82) is 0 Å². The van der Waals surface area contributed by atoms with E-state index in [4.69, 9.17) is 26.2 Å². The van der Waals surface area contributed by atoms with Gasteiger partial charge in [0.15, 0.2) is 11.5 Å². The number of hydrogen-bond acceptors (Lipinski definition) is 9. The first-order chi connectivity index (χ1) is 17.0. The highest BCUT2D eigenvalue weighted by atomic mass is 35.5. The lowest BCUT2D eigenvalue weighted by atomic mass is 10.2. The van der Waals surface area contributed by atoms with Crippen LogP contribution in [-0.4, -0.2) is 95.7 Å². The second kappa shape index (κ2) is 13.2. The molecule has 2 heterocycles. The summed E-state index contributed by atoms with van der Waals surface area (Å²) in [4.78, 5) is 12.9. The summed E-state index contributed by atoms with van der Waals surface area (Å²) in [5.74, 6) is 0.785. The van der Waals surface area contributed by atoms with Crippen LogP contribution >= 0.6 is 24.0 Å². The minimum Gasteiger partial charge on any atom is -0.493 e. The van der Waals surface area contributed by atoms with E-state index < -0.39 is 11.9 Å². The third-order valence-corrected chi connectivity index (χ3v) is 6.12. The van der Waals surface area contributed by atoms with Crippen molar-refractivity contribution in [3.63, 3.8) is 0 Å². The molecule has 0 spiro atoms. The van der Waals surface area contributed by atoms with Crippen LogP contribution in [0.5, 0.6) is 11.5 Å². The van der Waals surface area contributed by atoms with Crippen molar-refractivity contribution in [3.8, 4) is 11.5 Å². The van der Waals surface area contributed by atoms with Crippen molar-refractivity contribution in [2.24, 2.45) is 0 Å².